The molecule has 158 valence electrons. The SMILES string of the molecule is C[C@H](NC(=O)OCc1ccccc1)[C@@H]1C(=O)N(Cc2ccccc2)[C@@H]1c1ccccc1. The first-order valence-electron chi connectivity index (χ1n) is 10.5. The minimum absolute atomic E-state index is 0.0357. The number of benzene rings is 3. The summed E-state index contributed by atoms with van der Waals surface area (Å²) in [5, 5.41) is 2.86. The van der Waals surface area contributed by atoms with E-state index in [1.165, 1.54) is 0 Å². The van der Waals surface area contributed by atoms with Gasteiger partial charge in [-0.15, -0.1) is 0 Å². The third-order valence-electron chi connectivity index (χ3n) is 5.68. The number of amides is 2. The molecular formula is C26H26N2O3. The molecule has 3 atom stereocenters. The lowest BCUT2D eigenvalue weighted by molar-refractivity contribution is -0.160. The molecular weight excluding hydrogens is 388 g/mol. The van der Waals surface area contributed by atoms with Crippen molar-refractivity contribution in [1.29, 1.82) is 0 Å². The Balaban J connectivity index is 1.44. The lowest BCUT2D eigenvalue weighted by Crippen LogP contribution is -2.61. The fourth-order valence-corrected chi connectivity index (χ4v) is 4.10. The van der Waals surface area contributed by atoms with Crippen molar-refractivity contribution in [2.45, 2.75) is 32.2 Å². The van der Waals surface area contributed by atoms with Gasteiger partial charge in [0, 0.05) is 12.6 Å². The van der Waals surface area contributed by atoms with E-state index in [0.29, 0.717) is 6.54 Å². The van der Waals surface area contributed by atoms with Crippen LogP contribution in [0.3, 0.4) is 0 Å². The Morgan fingerprint density at radius 1 is 0.903 bits per heavy atom. The average molecular weight is 415 g/mol. The molecule has 5 heteroatoms. The molecule has 1 saturated heterocycles. The van der Waals surface area contributed by atoms with Gasteiger partial charge in [0.1, 0.15) is 6.61 Å². The van der Waals surface area contributed by atoms with E-state index in [4.69, 9.17) is 4.74 Å². The zero-order chi connectivity index (χ0) is 21.6. The second-order valence-corrected chi connectivity index (χ2v) is 7.83. The van der Waals surface area contributed by atoms with E-state index in [-0.39, 0.29) is 30.5 Å². The number of carbonyl (C=O) groups excluding carboxylic acids is 2. The fourth-order valence-electron chi connectivity index (χ4n) is 4.10. The van der Waals surface area contributed by atoms with Crippen molar-refractivity contribution in [3.63, 3.8) is 0 Å². The number of likely N-dealkylation sites (tertiary alicyclic amines) is 1. The minimum atomic E-state index is -0.516. The van der Waals surface area contributed by atoms with Crippen molar-refractivity contribution in [2.24, 2.45) is 5.92 Å². The fraction of sp³-hybridized carbons (Fsp3) is 0.231. The molecule has 3 aromatic rings. The van der Waals surface area contributed by atoms with Crippen LogP contribution in [-0.4, -0.2) is 22.9 Å². The number of hydrogen-bond donors (Lipinski definition) is 1. The molecule has 0 spiro atoms. The summed E-state index contributed by atoms with van der Waals surface area (Å²) >= 11 is 0. The predicted octanol–water partition coefficient (Wildman–Crippen LogP) is 4.70. The molecule has 3 aromatic carbocycles. The summed E-state index contributed by atoms with van der Waals surface area (Å²) in [6.07, 6.45) is -0.516. The maximum atomic E-state index is 13.1. The van der Waals surface area contributed by atoms with Crippen molar-refractivity contribution in [2.75, 3.05) is 0 Å². The van der Waals surface area contributed by atoms with Crippen LogP contribution in [0.5, 0.6) is 0 Å². The average Bonchev–Trinajstić information content (AvgIpc) is 2.81. The number of β-lactam (4-membered cyclic amide) rings is 1. The van der Waals surface area contributed by atoms with Crippen LogP contribution in [0.15, 0.2) is 91.0 Å². The van der Waals surface area contributed by atoms with Crippen LogP contribution in [0.1, 0.15) is 29.7 Å². The van der Waals surface area contributed by atoms with Gasteiger partial charge in [-0.3, -0.25) is 4.79 Å². The molecule has 4 rings (SSSR count). The summed E-state index contributed by atoms with van der Waals surface area (Å²) in [7, 11) is 0. The lowest BCUT2D eigenvalue weighted by Gasteiger charge is -2.50. The molecule has 1 fully saturated rings. The Morgan fingerprint density at radius 3 is 2.06 bits per heavy atom. The van der Waals surface area contributed by atoms with Crippen LogP contribution in [0, 0.1) is 5.92 Å². The Hall–Kier alpha value is -3.60. The second kappa shape index (κ2) is 9.47. The second-order valence-electron chi connectivity index (χ2n) is 7.83. The molecule has 0 aliphatic carbocycles. The van der Waals surface area contributed by atoms with Gasteiger partial charge in [0.2, 0.25) is 5.91 Å². The van der Waals surface area contributed by atoms with E-state index >= 15 is 0 Å². The first-order valence-corrected chi connectivity index (χ1v) is 10.5. The van der Waals surface area contributed by atoms with Crippen LogP contribution >= 0.6 is 0 Å². The summed E-state index contributed by atoms with van der Waals surface area (Å²) in [6, 6.07) is 29.0. The molecule has 0 bridgehead atoms. The Morgan fingerprint density at radius 2 is 1.45 bits per heavy atom. The van der Waals surface area contributed by atoms with E-state index in [2.05, 4.69) is 5.32 Å². The number of alkyl carbamates (subject to hydrolysis) is 1. The molecule has 1 N–H and O–H groups in total. The van der Waals surface area contributed by atoms with Gasteiger partial charge in [-0.05, 0) is 23.6 Å². The quantitative estimate of drug-likeness (QED) is 0.570. The highest BCUT2D eigenvalue weighted by Gasteiger charge is 2.50. The van der Waals surface area contributed by atoms with Crippen molar-refractivity contribution in [3.05, 3.63) is 108 Å². The normalized spacial score (nSPS) is 18.7. The summed E-state index contributed by atoms with van der Waals surface area (Å²) < 4.78 is 5.34. The third kappa shape index (κ3) is 4.77. The van der Waals surface area contributed by atoms with Crippen LogP contribution < -0.4 is 5.32 Å². The molecule has 0 saturated carbocycles. The van der Waals surface area contributed by atoms with E-state index < -0.39 is 6.09 Å². The number of nitrogens with zero attached hydrogens (tertiary/aromatic N) is 1. The first-order chi connectivity index (χ1) is 15.1. The van der Waals surface area contributed by atoms with Gasteiger partial charge in [-0.25, -0.2) is 4.79 Å². The van der Waals surface area contributed by atoms with Crippen LogP contribution in [0.25, 0.3) is 0 Å². The molecule has 0 unspecified atom stereocenters. The number of hydrogen-bond acceptors (Lipinski definition) is 3. The van der Waals surface area contributed by atoms with Crippen molar-refractivity contribution in [1.82, 2.24) is 10.2 Å². The molecule has 0 aromatic heterocycles. The first kappa shape index (κ1) is 20.7. The van der Waals surface area contributed by atoms with Gasteiger partial charge in [0.05, 0.1) is 12.0 Å². The Kier molecular flexibility index (Phi) is 6.32. The number of nitrogens with one attached hydrogen (secondary N) is 1. The number of carbonyl (C=O) groups is 2. The molecule has 1 heterocycles. The number of ether oxygens (including phenoxy) is 1. The van der Waals surface area contributed by atoms with Gasteiger partial charge in [-0.2, -0.15) is 0 Å². The highest BCUT2D eigenvalue weighted by Crippen LogP contribution is 2.43. The van der Waals surface area contributed by atoms with E-state index in [1.54, 1.807) is 0 Å². The Bertz CT molecular complexity index is 1010. The predicted molar refractivity (Wildman–Crippen MR) is 119 cm³/mol. The molecule has 1 aliphatic rings. The molecule has 1 aliphatic heterocycles. The van der Waals surface area contributed by atoms with E-state index in [9.17, 15) is 9.59 Å². The van der Waals surface area contributed by atoms with Gasteiger partial charge < -0.3 is 15.0 Å². The van der Waals surface area contributed by atoms with Crippen molar-refractivity contribution in [3.8, 4) is 0 Å². The smallest absolute Gasteiger partial charge is 0.407 e. The Labute approximate surface area is 182 Å². The van der Waals surface area contributed by atoms with Crippen LogP contribution in [0.2, 0.25) is 0 Å². The van der Waals surface area contributed by atoms with Gasteiger partial charge in [0.25, 0.3) is 0 Å². The summed E-state index contributed by atoms with van der Waals surface area (Å²) in [5.41, 5.74) is 3.06. The topological polar surface area (TPSA) is 58.6 Å². The largest absolute Gasteiger partial charge is 0.445 e. The van der Waals surface area contributed by atoms with E-state index in [1.807, 2.05) is 103 Å². The minimum Gasteiger partial charge on any atom is -0.445 e. The highest BCUT2D eigenvalue weighted by molar-refractivity contribution is 5.88. The van der Waals surface area contributed by atoms with E-state index in [0.717, 1.165) is 16.7 Å². The van der Waals surface area contributed by atoms with Gasteiger partial charge in [0.15, 0.2) is 0 Å². The lowest BCUT2D eigenvalue weighted by atomic mass is 9.77. The zero-order valence-electron chi connectivity index (χ0n) is 17.5. The van der Waals surface area contributed by atoms with Crippen LogP contribution in [-0.2, 0) is 22.7 Å². The van der Waals surface area contributed by atoms with Crippen molar-refractivity contribution >= 4 is 12.0 Å². The van der Waals surface area contributed by atoms with Crippen molar-refractivity contribution < 1.29 is 14.3 Å². The summed E-state index contributed by atoms with van der Waals surface area (Å²) in [6.45, 7) is 2.60. The monoisotopic (exact) mass is 414 g/mol. The maximum absolute atomic E-state index is 13.1. The van der Waals surface area contributed by atoms with Gasteiger partial charge >= 0.3 is 6.09 Å². The molecule has 2 amide bonds. The standard InChI is InChI=1S/C26H26N2O3/c1-19(27-26(30)31-18-21-13-7-3-8-14-21)23-24(22-15-9-4-10-16-22)28(25(23)29)17-20-11-5-2-6-12-20/h2-16,19,23-24H,17-18H2,1H3,(H,27,30)/t19-,23-,24+/m0/s1. The molecule has 31 heavy (non-hydrogen) atoms. The number of rotatable bonds is 7. The highest BCUT2D eigenvalue weighted by atomic mass is 16.5. The van der Waals surface area contributed by atoms with Gasteiger partial charge in [-0.1, -0.05) is 91.0 Å². The summed E-state index contributed by atoms with van der Waals surface area (Å²) in [5.74, 6) is -0.302. The molecule has 0 radical (unpaired) electrons. The maximum Gasteiger partial charge on any atom is 0.407 e. The summed E-state index contributed by atoms with van der Waals surface area (Å²) in [4.78, 5) is 27.3. The zero-order valence-corrected chi connectivity index (χ0v) is 17.5. The third-order valence-corrected chi connectivity index (χ3v) is 5.68. The molecule has 5 nitrogen and oxygen atoms in total. The van der Waals surface area contributed by atoms with Crippen LogP contribution in [0.4, 0.5) is 4.79 Å².